The van der Waals surface area contributed by atoms with Crippen molar-refractivity contribution in [2.75, 3.05) is 0 Å². The van der Waals surface area contributed by atoms with Gasteiger partial charge in [-0.1, -0.05) is 19.3 Å². The quantitative estimate of drug-likeness (QED) is 0.599. The number of carboxylic acids is 1. The van der Waals surface area contributed by atoms with E-state index < -0.39 is 24.0 Å². The van der Waals surface area contributed by atoms with Gasteiger partial charge in [-0.3, -0.25) is 4.79 Å². The normalized spacial score (nSPS) is 18.2. The van der Waals surface area contributed by atoms with Gasteiger partial charge in [0.1, 0.15) is 12.2 Å². The molecule has 0 radical (unpaired) electrons. The molecule has 0 spiro atoms. The van der Waals surface area contributed by atoms with Crippen LogP contribution in [0.15, 0.2) is 12.2 Å². The molecule has 6 heteroatoms. The Morgan fingerprint density at radius 3 is 2.18 bits per heavy atom. The molecule has 1 unspecified atom stereocenters. The van der Waals surface area contributed by atoms with E-state index in [1.165, 1.54) is 13.3 Å². The van der Waals surface area contributed by atoms with Gasteiger partial charge < -0.3 is 14.6 Å². The van der Waals surface area contributed by atoms with E-state index in [0.29, 0.717) is 0 Å². The minimum absolute atomic E-state index is 0.0839. The Bertz CT molecular complexity index is 407. The number of rotatable bonds is 6. The van der Waals surface area contributed by atoms with Gasteiger partial charge in [-0.25, -0.2) is 9.59 Å². The van der Waals surface area contributed by atoms with Crippen molar-refractivity contribution in [2.24, 2.45) is 0 Å². The molecule has 0 aromatic heterocycles. The van der Waals surface area contributed by atoms with E-state index in [2.05, 4.69) is 0 Å². The molecular formula is C16H24O6. The van der Waals surface area contributed by atoms with Crippen LogP contribution in [0.4, 0.5) is 0 Å². The lowest BCUT2D eigenvalue weighted by Crippen LogP contribution is -2.19. The summed E-state index contributed by atoms with van der Waals surface area (Å²) in [6.45, 7) is 1.48. The molecule has 0 aromatic rings. The molecule has 0 aromatic carbocycles. The van der Waals surface area contributed by atoms with Crippen LogP contribution < -0.4 is 0 Å². The number of hydrogen-bond donors (Lipinski definition) is 1. The van der Waals surface area contributed by atoms with Gasteiger partial charge in [0.15, 0.2) is 0 Å². The second-order valence-electron chi connectivity index (χ2n) is 5.58. The molecule has 1 atom stereocenters. The second kappa shape index (κ2) is 9.97. The zero-order chi connectivity index (χ0) is 16.4. The average molecular weight is 312 g/mol. The Hall–Kier alpha value is -1.85. The number of ether oxygens (including phenoxy) is 2. The Morgan fingerprint density at radius 1 is 1.05 bits per heavy atom. The van der Waals surface area contributed by atoms with E-state index in [9.17, 15) is 14.4 Å². The molecule has 1 N–H and O–H groups in total. The van der Waals surface area contributed by atoms with Crippen LogP contribution in [-0.2, 0) is 23.9 Å². The molecule has 1 aliphatic carbocycles. The molecule has 0 amide bonds. The Kier molecular flexibility index (Phi) is 8.25. The number of esters is 2. The van der Waals surface area contributed by atoms with Crippen molar-refractivity contribution in [3.05, 3.63) is 12.2 Å². The summed E-state index contributed by atoms with van der Waals surface area (Å²) in [5, 5.41) is 8.56. The van der Waals surface area contributed by atoms with Crippen molar-refractivity contribution in [1.29, 1.82) is 0 Å². The first-order valence-corrected chi connectivity index (χ1v) is 7.78. The highest BCUT2D eigenvalue weighted by molar-refractivity contribution is 5.91. The molecule has 0 saturated heterocycles. The maximum atomic E-state index is 11.7. The first kappa shape index (κ1) is 18.2. The van der Waals surface area contributed by atoms with E-state index in [4.69, 9.17) is 14.6 Å². The van der Waals surface area contributed by atoms with Crippen molar-refractivity contribution < 1.29 is 29.0 Å². The summed E-state index contributed by atoms with van der Waals surface area (Å²) in [6, 6.07) is 0. The predicted octanol–water partition coefficient (Wildman–Crippen LogP) is 2.61. The SMILES string of the molecule is CC(CC(=O)O)OC(=O)/C=C/C(=O)OC1CCCCCCC1. The highest BCUT2D eigenvalue weighted by Gasteiger charge is 2.15. The lowest BCUT2D eigenvalue weighted by atomic mass is 9.99. The van der Waals surface area contributed by atoms with Gasteiger partial charge in [0.2, 0.25) is 0 Å². The zero-order valence-corrected chi connectivity index (χ0v) is 13.0. The van der Waals surface area contributed by atoms with Gasteiger partial charge >= 0.3 is 17.9 Å². The highest BCUT2D eigenvalue weighted by atomic mass is 16.5. The van der Waals surface area contributed by atoms with Crippen molar-refractivity contribution in [2.45, 2.75) is 70.5 Å². The number of carbonyl (C=O) groups excluding carboxylic acids is 2. The molecule has 1 fully saturated rings. The number of hydrogen-bond acceptors (Lipinski definition) is 5. The zero-order valence-electron chi connectivity index (χ0n) is 13.0. The summed E-state index contributed by atoms with van der Waals surface area (Å²) in [7, 11) is 0. The van der Waals surface area contributed by atoms with Gasteiger partial charge in [0.05, 0.1) is 6.42 Å². The van der Waals surface area contributed by atoms with E-state index >= 15 is 0 Å². The van der Waals surface area contributed by atoms with Gasteiger partial charge in [-0.2, -0.15) is 0 Å². The van der Waals surface area contributed by atoms with Crippen LogP contribution in [0.2, 0.25) is 0 Å². The maximum absolute atomic E-state index is 11.7. The van der Waals surface area contributed by atoms with Crippen molar-refractivity contribution in [1.82, 2.24) is 0 Å². The van der Waals surface area contributed by atoms with Gasteiger partial charge in [-0.15, -0.1) is 0 Å². The molecule has 22 heavy (non-hydrogen) atoms. The van der Waals surface area contributed by atoms with Crippen LogP contribution in [0.25, 0.3) is 0 Å². The number of carbonyl (C=O) groups is 3. The van der Waals surface area contributed by atoms with Gasteiger partial charge in [0, 0.05) is 12.2 Å². The Morgan fingerprint density at radius 2 is 1.59 bits per heavy atom. The molecular weight excluding hydrogens is 288 g/mol. The topological polar surface area (TPSA) is 89.9 Å². The fraction of sp³-hybridized carbons (Fsp3) is 0.688. The largest absolute Gasteiger partial charge is 0.481 e. The van der Waals surface area contributed by atoms with E-state index in [1.807, 2.05) is 0 Å². The van der Waals surface area contributed by atoms with Gasteiger partial charge in [-0.05, 0) is 32.6 Å². The Balaban J connectivity index is 2.32. The third kappa shape index (κ3) is 8.44. The lowest BCUT2D eigenvalue weighted by molar-refractivity contribution is -0.149. The third-order valence-corrected chi connectivity index (χ3v) is 3.47. The standard InChI is InChI=1S/C16H24O6/c1-12(11-14(17)18)21-15(19)9-10-16(20)22-13-7-5-3-2-4-6-8-13/h9-10,12-13H,2-8,11H2,1H3,(H,17,18)/b10-9+. The van der Waals surface area contributed by atoms with E-state index in [1.54, 1.807) is 0 Å². The van der Waals surface area contributed by atoms with Crippen LogP contribution in [0.1, 0.15) is 58.3 Å². The number of aliphatic carboxylic acids is 1. The summed E-state index contributed by atoms with van der Waals surface area (Å²) in [4.78, 5) is 33.5. The first-order chi connectivity index (χ1) is 10.5. The van der Waals surface area contributed by atoms with Crippen LogP contribution in [0.5, 0.6) is 0 Å². The smallest absolute Gasteiger partial charge is 0.331 e. The second-order valence-corrected chi connectivity index (χ2v) is 5.58. The van der Waals surface area contributed by atoms with E-state index in [-0.39, 0.29) is 12.5 Å². The van der Waals surface area contributed by atoms with Crippen molar-refractivity contribution in [3.63, 3.8) is 0 Å². The van der Waals surface area contributed by atoms with Crippen molar-refractivity contribution >= 4 is 17.9 Å². The lowest BCUT2D eigenvalue weighted by Gasteiger charge is -2.19. The fourth-order valence-electron chi connectivity index (χ4n) is 2.40. The van der Waals surface area contributed by atoms with Crippen LogP contribution in [0.3, 0.4) is 0 Å². The molecule has 124 valence electrons. The summed E-state index contributed by atoms with van der Waals surface area (Å²) < 4.78 is 10.1. The summed E-state index contributed by atoms with van der Waals surface area (Å²) in [5.41, 5.74) is 0. The molecule has 0 aliphatic heterocycles. The monoisotopic (exact) mass is 312 g/mol. The fourth-order valence-corrected chi connectivity index (χ4v) is 2.40. The van der Waals surface area contributed by atoms with E-state index in [0.717, 1.165) is 50.7 Å². The summed E-state index contributed by atoms with van der Waals surface area (Å²) in [5.74, 6) is -2.36. The van der Waals surface area contributed by atoms with Crippen LogP contribution in [-0.4, -0.2) is 35.2 Å². The summed E-state index contributed by atoms with van der Waals surface area (Å²) in [6.07, 6.45) is 8.31. The van der Waals surface area contributed by atoms with Crippen LogP contribution in [0, 0.1) is 0 Å². The molecule has 1 aliphatic rings. The van der Waals surface area contributed by atoms with Gasteiger partial charge in [0.25, 0.3) is 0 Å². The van der Waals surface area contributed by atoms with Crippen molar-refractivity contribution in [3.8, 4) is 0 Å². The predicted molar refractivity (Wildman–Crippen MR) is 79.1 cm³/mol. The minimum atomic E-state index is -1.05. The molecule has 1 saturated carbocycles. The molecule has 6 nitrogen and oxygen atoms in total. The molecule has 1 rings (SSSR count). The first-order valence-electron chi connectivity index (χ1n) is 7.78. The minimum Gasteiger partial charge on any atom is -0.481 e. The molecule has 0 heterocycles. The average Bonchev–Trinajstić information content (AvgIpc) is 2.38. The third-order valence-electron chi connectivity index (χ3n) is 3.47. The maximum Gasteiger partial charge on any atom is 0.331 e. The Labute approximate surface area is 130 Å². The van der Waals surface area contributed by atoms with Crippen LogP contribution >= 0.6 is 0 Å². The number of carboxylic acid groups (broad SMARTS) is 1. The summed E-state index contributed by atoms with van der Waals surface area (Å²) >= 11 is 0. The highest BCUT2D eigenvalue weighted by Crippen LogP contribution is 2.19. The molecule has 0 bridgehead atoms.